The van der Waals surface area contributed by atoms with Crippen molar-refractivity contribution in [3.05, 3.63) is 42.0 Å². The van der Waals surface area contributed by atoms with E-state index in [9.17, 15) is 9.59 Å². The Kier molecular flexibility index (Phi) is 3.62. The molecule has 0 radical (unpaired) electrons. The number of nitrogens with two attached hydrogens (primary N) is 1. The Morgan fingerprint density at radius 1 is 1.27 bits per heavy atom. The first kappa shape index (κ1) is 11.0. The molecule has 0 atom stereocenters. The summed E-state index contributed by atoms with van der Waals surface area (Å²) in [7, 11) is 1.25. The molecule has 0 bridgehead atoms. The van der Waals surface area contributed by atoms with Crippen molar-refractivity contribution in [3.63, 3.8) is 0 Å². The van der Waals surface area contributed by atoms with E-state index in [1.807, 2.05) is 6.07 Å². The second kappa shape index (κ2) is 4.95. The number of hydrogen-bond donors (Lipinski definition) is 1. The number of methoxy groups -OCH3 is 1. The molecule has 0 saturated carbocycles. The van der Waals surface area contributed by atoms with Gasteiger partial charge in [0.1, 0.15) is 0 Å². The van der Waals surface area contributed by atoms with Gasteiger partial charge in [0.2, 0.25) is 5.91 Å². The average Bonchev–Trinajstić information content (AvgIpc) is 2.26. The molecule has 2 N–H and O–H groups in total. The summed E-state index contributed by atoms with van der Waals surface area (Å²) in [6.07, 6.45) is 1.06. The highest BCUT2D eigenvalue weighted by molar-refractivity contribution is 6.20. The maximum absolute atomic E-state index is 11.3. The number of primary amides is 1. The van der Waals surface area contributed by atoms with Gasteiger partial charge in [-0.15, -0.1) is 0 Å². The summed E-state index contributed by atoms with van der Waals surface area (Å²) in [6, 6.07) is 8.72. The maximum atomic E-state index is 11.3. The predicted molar refractivity (Wildman–Crippen MR) is 55.6 cm³/mol. The van der Waals surface area contributed by atoms with Crippen molar-refractivity contribution in [2.24, 2.45) is 5.73 Å². The lowest BCUT2D eigenvalue weighted by Gasteiger charge is -2.04. The molecule has 1 rings (SSSR count). The van der Waals surface area contributed by atoms with Crippen molar-refractivity contribution in [1.29, 1.82) is 0 Å². The Morgan fingerprint density at radius 3 is 2.33 bits per heavy atom. The number of benzene rings is 1. The third kappa shape index (κ3) is 2.95. The lowest BCUT2D eigenvalue weighted by molar-refractivity contribution is -0.133. The summed E-state index contributed by atoms with van der Waals surface area (Å²) in [5.74, 6) is -1.26. The molecule has 0 aliphatic rings. The summed E-state index contributed by atoms with van der Waals surface area (Å²) >= 11 is 0. The molecular formula is C11H11NO3. The Morgan fingerprint density at radius 2 is 1.87 bits per heavy atom. The first-order chi connectivity index (χ1) is 7.15. The van der Waals surface area contributed by atoms with Gasteiger partial charge >= 0.3 is 5.97 Å². The fourth-order valence-electron chi connectivity index (χ4n) is 1.13. The van der Waals surface area contributed by atoms with Crippen LogP contribution in [-0.2, 0) is 14.3 Å². The Labute approximate surface area is 87.3 Å². The normalized spacial score (nSPS) is 10.9. The summed E-state index contributed by atoms with van der Waals surface area (Å²) in [6.45, 7) is 0. The van der Waals surface area contributed by atoms with Crippen LogP contribution in [0, 0.1) is 0 Å². The van der Waals surface area contributed by atoms with Crippen molar-refractivity contribution in [3.8, 4) is 0 Å². The van der Waals surface area contributed by atoms with Gasteiger partial charge in [0, 0.05) is 6.08 Å². The van der Waals surface area contributed by atoms with Crippen LogP contribution in [0.25, 0.3) is 5.57 Å². The number of esters is 1. The van der Waals surface area contributed by atoms with Crippen molar-refractivity contribution < 1.29 is 14.3 Å². The van der Waals surface area contributed by atoms with Crippen LogP contribution in [0.3, 0.4) is 0 Å². The first-order valence-electron chi connectivity index (χ1n) is 4.30. The van der Waals surface area contributed by atoms with Gasteiger partial charge in [-0.3, -0.25) is 4.79 Å². The monoisotopic (exact) mass is 205 g/mol. The molecule has 0 fully saturated rings. The van der Waals surface area contributed by atoms with Crippen LogP contribution in [0.2, 0.25) is 0 Å². The molecule has 0 heterocycles. The van der Waals surface area contributed by atoms with E-state index in [1.165, 1.54) is 7.11 Å². The van der Waals surface area contributed by atoms with Crippen LogP contribution in [0.4, 0.5) is 0 Å². The summed E-state index contributed by atoms with van der Waals surface area (Å²) < 4.78 is 4.55. The van der Waals surface area contributed by atoms with Crippen LogP contribution in [0.5, 0.6) is 0 Å². The lowest BCUT2D eigenvalue weighted by Crippen LogP contribution is -2.11. The predicted octanol–water partition coefficient (Wildman–Crippen LogP) is 0.728. The maximum Gasteiger partial charge on any atom is 0.338 e. The molecular weight excluding hydrogens is 194 g/mol. The molecule has 1 aromatic carbocycles. The van der Waals surface area contributed by atoms with Crippen LogP contribution >= 0.6 is 0 Å². The van der Waals surface area contributed by atoms with E-state index in [4.69, 9.17) is 5.73 Å². The molecule has 0 spiro atoms. The fourth-order valence-corrected chi connectivity index (χ4v) is 1.13. The Hall–Kier alpha value is -2.10. The summed E-state index contributed by atoms with van der Waals surface area (Å²) in [5, 5.41) is 0. The highest BCUT2D eigenvalue weighted by Gasteiger charge is 2.12. The molecule has 0 aromatic heterocycles. The van der Waals surface area contributed by atoms with Crippen LogP contribution in [-0.4, -0.2) is 19.0 Å². The van der Waals surface area contributed by atoms with Gasteiger partial charge in [-0.1, -0.05) is 30.3 Å². The van der Waals surface area contributed by atoms with Crippen LogP contribution in [0.15, 0.2) is 36.4 Å². The molecule has 0 aliphatic carbocycles. The number of ether oxygens (including phenoxy) is 1. The number of carbonyl (C=O) groups is 2. The van der Waals surface area contributed by atoms with Gasteiger partial charge in [0.05, 0.1) is 12.7 Å². The number of rotatable bonds is 3. The topological polar surface area (TPSA) is 69.4 Å². The van der Waals surface area contributed by atoms with Gasteiger partial charge in [-0.05, 0) is 5.56 Å². The van der Waals surface area contributed by atoms with E-state index < -0.39 is 11.9 Å². The Balaban J connectivity index is 3.13. The average molecular weight is 205 g/mol. The SMILES string of the molecule is COC(=O)/C(=C\C(N)=O)c1ccccc1. The zero-order valence-electron chi connectivity index (χ0n) is 8.27. The molecule has 78 valence electrons. The van der Waals surface area contributed by atoms with Crippen LogP contribution < -0.4 is 5.73 Å². The van der Waals surface area contributed by atoms with Gasteiger partial charge in [0.15, 0.2) is 0 Å². The van der Waals surface area contributed by atoms with Gasteiger partial charge < -0.3 is 10.5 Å². The summed E-state index contributed by atoms with van der Waals surface area (Å²) in [4.78, 5) is 22.1. The van der Waals surface area contributed by atoms with Gasteiger partial charge in [-0.2, -0.15) is 0 Å². The molecule has 1 aromatic rings. The van der Waals surface area contributed by atoms with Crippen molar-refractivity contribution in [1.82, 2.24) is 0 Å². The van der Waals surface area contributed by atoms with Gasteiger partial charge in [0.25, 0.3) is 0 Å². The first-order valence-corrected chi connectivity index (χ1v) is 4.30. The molecule has 0 aliphatic heterocycles. The van der Waals surface area contributed by atoms with E-state index in [2.05, 4.69) is 4.74 Å². The number of amides is 1. The minimum absolute atomic E-state index is 0.158. The molecule has 1 amide bonds. The highest BCUT2D eigenvalue weighted by atomic mass is 16.5. The zero-order chi connectivity index (χ0) is 11.3. The standard InChI is InChI=1S/C11H11NO3/c1-15-11(14)9(7-10(12)13)8-5-3-2-4-6-8/h2-7H,1H3,(H2,12,13)/b9-7-. The molecule has 4 nitrogen and oxygen atoms in total. The quantitative estimate of drug-likeness (QED) is 0.584. The molecule has 4 heteroatoms. The summed E-state index contributed by atoms with van der Waals surface area (Å²) in [5.41, 5.74) is 5.76. The van der Waals surface area contributed by atoms with Gasteiger partial charge in [-0.25, -0.2) is 4.79 Å². The second-order valence-electron chi connectivity index (χ2n) is 2.82. The minimum atomic E-state index is -0.681. The van der Waals surface area contributed by atoms with Crippen molar-refractivity contribution in [2.75, 3.05) is 7.11 Å². The van der Waals surface area contributed by atoms with E-state index in [1.54, 1.807) is 24.3 Å². The molecule has 0 saturated heterocycles. The van der Waals surface area contributed by atoms with E-state index >= 15 is 0 Å². The second-order valence-corrected chi connectivity index (χ2v) is 2.82. The molecule has 0 unspecified atom stereocenters. The fraction of sp³-hybridized carbons (Fsp3) is 0.0909. The smallest absolute Gasteiger partial charge is 0.338 e. The largest absolute Gasteiger partial charge is 0.465 e. The number of carbonyl (C=O) groups excluding carboxylic acids is 2. The van der Waals surface area contributed by atoms with E-state index in [0.29, 0.717) is 5.56 Å². The zero-order valence-corrected chi connectivity index (χ0v) is 8.27. The van der Waals surface area contributed by atoms with Crippen molar-refractivity contribution in [2.45, 2.75) is 0 Å². The third-order valence-electron chi connectivity index (χ3n) is 1.78. The molecule has 15 heavy (non-hydrogen) atoms. The third-order valence-corrected chi connectivity index (χ3v) is 1.78. The van der Waals surface area contributed by atoms with E-state index in [-0.39, 0.29) is 5.57 Å². The lowest BCUT2D eigenvalue weighted by atomic mass is 10.1. The minimum Gasteiger partial charge on any atom is -0.465 e. The Bertz CT molecular complexity index is 396. The highest BCUT2D eigenvalue weighted by Crippen LogP contribution is 2.14. The van der Waals surface area contributed by atoms with Crippen LogP contribution in [0.1, 0.15) is 5.56 Å². The van der Waals surface area contributed by atoms with Crippen molar-refractivity contribution >= 4 is 17.4 Å². The van der Waals surface area contributed by atoms with E-state index in [0.717, 1.165) is 6.08 Å². The number of hydrogen-bond acceptors (Lipinski definition) is 3.